The molecule has 15 heavy (non-hydrogen) atoms. The number of halogens is 1. The fraction of sp³-hybridized carbons (Fsp3) is 0.364. The van der Waals surface area contributed by atoms with Gasteiger partial charge in [0.1, 0.15) is 0 Å². The van der Waals surface area contributed by atoms with Crippen LogP contribution in [0.15, 0.2) is 28.7 Å². The van der Waals surface area contributed by atoms with Crippen molar-refractivity contribution < 1.29 is 9.90 Å². The van der Waals surface area contributed by atoms with Gasteiger partial charge in [-0.1, -0.05) is 28.1 Å². The number of carbonyl (C=O) groups is 1. The molecule has 0 fully saturated rings. The molecule has 3 nitrogen and oxygen atoms in total. The summed E-state index contributed by atoms with van der Waals surface area (Å²) in [5.74, 6) is 0. The number of unbranched alkanes of at least 4 members (excludes halogenated alkanes) is 1. The molecular weight excluding hydrogens is 258 g/mol. The van der Waals surface area contributed by atoms with E-state index in [4.69, 9.17) is 5.11 Å². The lowest BCUT2D eigenvalue weighted by atomic mass is 10.1. The van der Waals surface area contributed by atoms with Crippen LogP contribution in [0.1, 0.15) is 18.4 Å². The maximum absolute atomic E-state index is 10.2. The molecule has 0 heterocycles. The summed E-state index contributed by atoms with van der Waals surface area (Å²) in [5.41, 5.74) is 1.28. The summed E-state index contributed by atoms with van der Waals surface area (Å²) in [5, 5.41) is 10.7. The van der Waals surface area contributed by atoms with Gasteiger partial charge in [-0.2, -0.15) is 0 Å². The molecule has 0 bridgehead atoms. The summed E-state index contributed by atoms with van der Waals surface area (Å²) in [6.07, 6.45) is 1.91. The summed E-state index contributed by atoms with van der Waals surface area (Å²) < 4.78 is 1.09. The Morgan fingerprint density at radius 3 is 2.87 bits per heavy atom. The molecule has 0 aliphatic rings. The highest BCUT2D eigenvalue weighted by Crippen LogP contribution is 2.13. The molecule has 0 aliphatic carbocycles. The number of benzene rings is 1. The van der Waals surface area contributed by atoms with Crippen molar-refractivity contribution in [2.45, 2.75) is 19.3 Å². The van der Waals surface area contributed by atoms with E-state index >= 15 is 0 Å². The van der Waals surface area contributed by atoms with E-state index in [1.54, 1.807) is 0 Å². The molecule has 0 atom stereocenters. The second-order valence-electron chi connectivity index (χ2n) is 3.32. The predicted octanol–water partition coefficient (Wildman–Crippen LogP) is 3.04. The average molecular weight is 272 g/mol. The van der Waals surface area contributed by atoms with Gasteiger partial charge in [0, 0.05) is 11.0 Å². The Balaban J connectivity index is 2.17. The Morgan fingerprint density at radius 1 is 1.40 bits per heavy atom. The average Bonchev–Trinajstić information content (AvgIpc) is 2.17. The molecule has 0 radical (unpaired) electrons. The topological polar surface area (TPSA) is 49.3 Å². The molecule has 82 valence electrons. The molecule has 0 saturated carbocycles. The maximum Gasteiger partial charge on any atom is 0.404 e. The molecule has 0 aromatic heterocycles. The minimum absolute atomic E-state index is 0.531. The van der Waals surface area contributed by atoms with Crippen molar-refractivity contribution in [2.75, 3.05) is 6.54 Å². The Morgan fingerprint density at radius 2 is 2.20 bits per heavy atom. The van der Waals surface area contributed by atoms with Crippen molar-refractivity contribution in [1.82, 2.24) is 5.32 Å². The van der Waals surface area contributed by atoms with Crippen molar-refractivity contribution >= 4 is 22.0 Å². The Hall–Kier alpha value is -1.03. The first kappa shape index (κ1) is 12.0. The molecule has 0 aliphatic heterocycles. The molecule has 0 spiro atoms. The molecule has 1 rings (SSSR count). The number of aryl methyl sites for hydroxylation is 1. The van der Waals surface area contributed by atoms with Crippen LogP contribution in [0.4, 0.5) is 4.79 Å². The Labute approximate surface area is 97.6 Å². The van der Waals surface area contributed by atoms with Crippen LogP contribution >= 0.6 is 15.9 Å². The molecule has 0 saturated heterocycles. The van der Waals surface area contributed by atoms with E-state index in [-0.39, 0.29) is 0 Å². The van der Waals surface area contributed by atoms with E-state index in [1.165, 1.54) is 5.56 Å². The normalized spacial score (nSPS) is 9.93. The molecule has 0 unspecified atom stereocenters. The van der Waals surface area contributed by atoms with Crippen molar-refractivity contribution in [3.05, 3.63) is 34.3 Å². The van der Waals surface area contributed by atoms with Crippen LogP contribution in [0.25, 0.3) is 0 Å². The van der Waals surface area contributed by atoms with E-state index in [0.717, 1.165) is 23.7 Å². The Bertz CT molecular complexity index is 328. The van der Waals surface area contributed by atoms with Gasteiger partial charge < -0.3 is 10.4 Å². The minimum atomic E-state index is -0.947. The predicted molar refractivity (Wildman–Crippen MR) is 63.1 cm³/mol. The van der Waals surface area contributed by atoms with Crippen LogP contribution in [0.3, 0.4) is 0 Å². The first-order chi connectivity index (χ1) is 7.18. The third-order valence-electron chi connectivity index (χ3n) is 2.06. The third-order valence-corrected chi connectivity index (χ3v) is 2.55. The fourth-order valence-electron chi connectivity index (χ4n) is 1.34. The maximum atomic E-state index is 10.2. The van der Waals surface area contributed by atoms with Crippen LogP contribution in [0, 0.1) is 0 Å². The number of amides is 1. The van der Waals surface area contributed by atoms with E-state index in [9.17, 15) is 4.79 Å². The molecule has 1 aromatic rings. The van der Waals surface area contributed by atoms with Gasteiger partial charge in [-0.15, -0.1) is 0 Å². The molecule has 1 aromatic carbocycles. The van der Waals surface area contributed by atoms with Crippen molar-refractivity contribution in [3.8, 4) is 0 Å². The van der Waals surface area contributed by atoms with Gasteiger partial charge in [0.2, 0.25) is 0 Å². The standard InChI is InChI=1S/C11H14BrNO2/c12-10-6-3-5-9(8-10)4-1-2-7-13-11(14)15/h3,5-6,8,13H,1-2,4,7H2,(H,14,15). The number of hydrogen-bond acceptors (Lipinski definition) is 1. The number of rotatable bonds is 5. The molecule has 4 heteroatoms. The van der Waals surface area contributed by atoms with Gasteiger partial charge >= 0.3 is 6.09 Å². The van der Waals surface area contributed by atoms with Crippen molar-refractivity contribution in [3.63, 3.8) is 0 Å². The highest BCUT2D eigenvalue weighted by Gasteiger charge is 1.96. The van der Waals surface area contributed by atoms with Crippen LogP contribution in [-0.2, 0) is 6.42 Å². The summed E-state index contributed by atoms with van der Waals surface area (Å²) >= 11 is 3.41. The van der Waals surface area contributed by atoms with Crippen LogP contribution in [0.2, 0.25) is 0 Å². The van der Waals surface area contributed by atoms with E-state index in [0.29, 0.717) is 6.54 Å². The summed E-state index contributed by atoms with van der Waals surface area (Å²) in [4.78, 5) is 10.2. The van der Waals surface area contributed by atoms with E-state index in [2.05, 4.69) is 33.4 Å². The number of hydrogen-bond donors (Lipinski definition) is 2. The van der Waals surface area contributed by atoms with Gasteiger partial charge in [0.25, 0.3) is 0 Å². The van der Waals surface area contributed by atoms with Gasteiger partial charge in [-0.3, -0.25) is 0 Å². The zero-order valence-corrected chi connectivity index (χ0v) is 9.96. The molecular formula is C11H14BrNO2. The van der Waals surface area contributed by atoms with Gasteiger partial charge in [0.05, 0.1) is 0 Å². The first-order valence-electron chi connectivity index (χ1n) is 4.90. The van der Waals surface area contributed by atoms with Crippen LogP contribution < -0.4 is 5.32 Å². The highest BCUT2D eigenvalue weighted by molar-refractivity contribution is 9.10. The summed E-state index contributed by atoms with van der Waals surface area (Å²) in [6, 6.07) is 8.17. The van der Waals surface area contributed by atoms with Crippen molar-refractivity contribution in [1.29, 1.82) is 0 Å². The van der Waals surface area contributed by atoms with Gasteiger partial charge in [-0.25, -0.2) is 4.79 Å². The van der Waals surface area contributed by atoms with Crippen LogP contribution in [0.5, 0.6) is 0 Å². The highest BCUT2D eigenvalue weighted by atomic mass is 79.9. The monoisotopic (exact) mass is 271 g/mol. The molecule has 1 amide bonds. The fourth-order valence-corrected chi connectivity index (χ4v) is 1.79. The van der Waals surface area contributed by atoms with Crippen LogP contribution in [-0.4, -0.2) is 17.7 Å². The SMILES string of the molecule is O=C(O)NCCCCc1cccc(Br)c1. The van der Waals surface area contributed by atoms with Crippen molar-refractivity contribution in [2.24, 2.45) is 0 Å². The lowest BCUT2D eigenvalue weighted by molar-refractivity contribution is 0.194. The summed E-state index contributed by atoms with van der Waals surface area (Å²) in [7, 11) is 0. The lowest BCUT2D eigenvalue weighted by Crippen LogP contribution is -2.21. The molecule has 2 N–H and O–H groups in total. The zero-order valence-electron chi connectivity index (χ0n) is 8.37. The summed E-state index contributed by atoms with van der Waals surface area (Å²) in [6.45, 7) is 0.531. The zero-order chi connectivity index (χ0) is 11.1. The second-order valence-corrected chi connectivity index (χ2v) is 4.23. The smallest absolute Gasteiger partial charge is 0.404 e. The third kappa shape index (κ3) is 5.42. The van der Waals surface area contributed by atoms with E-state index in [1.807, 2.05) is 12.1 Å². The lowest BCUT2D eigenvalue weighted by Gasteiger charge is -2.02. The minimum Gasteiger partial charge on any atom is -0.465 e. The number of nitrogens with one attached hydrogen (secondary N) is 1. The number of carboxylic acid groups (broad SMARTS) is 1. The largest absolute Gasteiger partial charge is 0.465 e. The van der Waals surface area contributed by atoms with Gasteiger partial charge in [-0.05, 0) is 37.0 Å². The quantitative estimate of drug-likeness (QED) is 0.809. The second kappa shape index (κ2) is 6.45. The first-order valence-corrected chi connectivity index (χ1v) is 5.69. The van der Waals surface area contributed by atoms with E-state index < -0.39 is 6.09 Å². The Kier molecular flexibility index (Phi) is 5.18. The van der Waals surface area contributed by atoms with Gasteiger partial charge in [0.15, 0.2) is 0 Å².